The number of carbonyl (C=O) groups is 2. The van der Waals surface area contributed by atoms with Crippen LogP contribution in [0.2, 0.25) is 10.0 Å². The van der Waals surface area contributed by atoms with E-state index in [1.165, 1.54) is 0 Å². The number of hydrogen-bond acceptors (Lipinski definition) is 9. The quantitative estimate of drug-likeness (QED) is 0.179. The fourth-order valence-electron chi connectivity index (χ4n) is 7.83. The van der Waals surface area contributed by atoms with Gasteiger partial charge in [0.2, 0.25) is 5.88 Å². The first-order valence-electron chi connectivity index (χ1n) is 17.8. The normalized spacial score (nSPS) is 20.8. The zero-order chi connectivity index (χ0) is 36.5. The minimum Gasteiger partial charge on any atom is -0.481 e. The number of carboxylic acids is 1. The molecule has 3 N–H and O–H groups in total. The van der Waals surface area contributed by atoms with Crippen LogP contribution in [0.1, 0.15) is 59.7 Å². The van der Waals surface area contributed by atoms with Gasteiger partial charge in [0.1, 0.15) is 0 Å². The topological polar surface area (TPSA) is 146 Å². The first-order valence-corrected chi connectivity index (χ1v) is 18.5. The Balaban J connectivity index is 1.06. The number of carboxylic acid groups (broad SMARTS) is 1. The standard InChI is InChI=1S/C38H43Cl2N7O5/c1-45-31-14-17-46(18-22-6-8-23(9-7-22)38(50)51)21-30(31)42-35(45)36(49)43-29-5-3-4-27(32(29)39)34-33(40)26(12-15-41-34)28-11-10-24(37(44-28)52-2)19-47-16-13-25(48)20-47/h3-5,10-12,15,22-23,25,48H,6-9,13-14,16-21H2,1-2H3,(H,43,49)(H,50,51)/t22?,23?,25-/m0/s1. The highest BCUT2D eigenvalue weighted by atomic mass is 35.5. The van der Waals surface area contributed by atoms with Crippen LogP contribution in [0.15, 0.2) is 42.6 Å². The number of likely N-dealkylation sites (tertiary alicyclic amines) is 1. The highest BCUT2D eigenvalue weighted by Gasteiger charge is 2.31. The van der Waals surface area contributed by atoms with E-state index in [1.807, 2.05) is 23.7 Å². The molecule has 1 amide bonds. The first kappa shape index (κ1) is 36.3. The third-order valence-corrected chi connectivity index (χ3v) is 11.5. The lowest BCUT2D eigenvalue weighted by molar-refractivity contribution is -0.143. The molecule has 2 fully saturated rings. The number of fused-ring (bicyclic) bond motifs is 1. The number of ether oxygens (including phenoxy) is 1. The molecular weight excluding hydrogens is 705 g/mol. The van der Waals surface area contributed by atoms with Crippen LogP contribution in [0.5, 0.6) is 5.88 Å². The van der Waals surface area contributed by atoms with E-state index < -0.39 is 5.97 Å². The third-order valence-electron chi connectivity index (χ3n) is 10.7. The molecule has 1 aromatic carbocycles. The van der Waals surface area contributed by atoms with E-state index in [1.54, 1.807) is 37.6 Å². The van der Waals surface area contributed by atoms with E-state index >= 15 is 0 Å². The molecule has 0 unspecified atom stereocenters. The lowest BCUT2D eigenvalue weighted by atomic mass is 9.81. The number of imidazole rings is 1. The lowest BCUT2D eigenvalue weighted by Gasteiger charge is -2.33. The van der Waals surface area contributed by atoms with Crippen LogP contribution in [-0.4, -0.2) is 90.8 Å². The van der Waals surface area contributed by atoms with Gasteiger partial charge in [0.05, 0.1) is 51.9 Å². The van der Waals surface area contributed by atoms with Crippen molar-refractivity contribution in [3.05, 3.63) is 75.4 Å². The van der Waals surface area contributed by atoms with Crippen molar-refractivity contribution in [3.8, 4) is 28.4 Å². The number of β-amino-alcohol motifs (C(OH)–C–C–N with tert-alkyl or cyclic N) is 1. The summed E-state index contributed by atoms with van der Waals surface area (Å²) in [5.41, 5.74) is 5.51. The lowest BCUT2D eigenvalue weighted by Crippen LogP contribution is -2.36. The first-order chi connectivity index (χ1) is 25.1. The summed E-state index contributed by atoms with van der Waals surface area (Å²) in [7, 11) is 3.45. The highest BCUT2D eigenvalue weighted by Crippen LogP contribution is 2.40. The maximum absolute atomic E-state index is 13.7. The number of pyridine rings is 2. The van der Waals surface area contributed by atoms with Gasteiger partial charge in [-0.25, -0.2) is 9.97 Å². The van der Waals surface area contributed by atoms with Gasteiger partial charge < -0.3 is 24.8 Å². The molecule has 3 aliphatic rings. The minimum absolute atomic E-state index is 0.221. The van der Waals surface area contributed by atoms with Crippen molar-refractivity contribution < 1.29 is 24.5 Å². The second kappa shape index (κ2) is 15.5. The van der Waals surface area contributed by atoms with Crippen molar-refractivity contribution in [3.63, 3.8) is 0 Å². The predicted molar refractivity (Wildman–Crippen MR) is 199 cm³/mol. The Hall–Kier alpha value is -4.07. The maximum Gasteiger partial charge on any atom is 0.306 e. The van der Waals surface area contributed by atoms with Crippen molar-refractivity contribution >= 4 is 40.8 Å². The summed E-state index contributed by atoms with van der Waals surface area (Å²) in [5.74, 6) is -0.0146. The molecule has 0 spiro atoms. The van der Waals surface area contributed by atoms with Crippen LogP contribution >= 0.6 is 23.2 Å². The number of amides is 1. The number of nitrogens with one attached hydrogen (secondary N) is 1. The number of hydrogen-bond donors (Lipinski definition) is 3. The van der Waals surface area contributed by atoms with Crippen LogP contribution in [0.25, 0.3) is 22.5 Å². The van der Waals surface area contributed by atoms with E-state index in [2.05, 4.69) is 20.1 Å². The van der Waals surface area contributed by atoms with Gasteiger partial charge in [0.25, 0.3) is 5.91 Å². The molecule has 0 radical (unpaired) electrons. The number of aromatic nitrogens is 4. The molecule has 7 rings (SSSR count). The van der Waals surface area contributed by atoms with E-state index in [0.29, 0.717) is 75.5 Å². The zero-order valence-electron chi connectivity index (χ0n) is 29.3. The smallest absolute Gasteiger partial charge is 0.306 e. The molecule has 2 aliphatic heterocycles. The molecule has 5 heterocycles. The monoisotopic (exact) mass is 747 g/mol. The SMILES string of the molecule is COc1nc(-c2ccnc(-c3cccc(NC(=O)c4nc5c(n4C)CCN(CC4CCC(C(=O)O)CC4)C5)c3Cl)c2Cl)ccc1CN1CC[C@H](O)C1. The Morgan fingerprint density at radius 2 is 1.79 bits per heavy atom. The number of halogens is 2. The van der Waals surface area contributed by atoms with Crippen molar-refractivity contribution in [2.24, 2.45) is 18.9 Å². The van der Waals surface area contributed by atoms with Gasteiger partial charge in [-0.2, -0.15) is 0 Å². The average molecular weight is 749 g/mol. The number of aliphatic carboxylic acids is 1. The van der Waals surface area contributed by atoms with E-state index in [0.717, 1.165) is 75.1 Å². The number of aliphatic hydroxyl groups is 1. The van der Waals surface area contributed by atoms with Crippen LogP contribution in [-0.2, 0) is 31.4 Å². The van der Waals surface area contributed by atoms with Gasteiger partial charge in [0.15, 0.2) is 5.82 Å². The molecule has 4 aromatic rings. The fraction of sp³-hybridized carbons (Fsp3) is 0.447. The molecule has 1 atom stereocenters. The molecule has 0 bridgehead atoms. The van der Waals surface area contributed by atoms with Gasteiger partial charge in [-0.15, -0.1) is 0 Å². The van der Waals surface area contributed by atoms with Crippen molar-refractivity contribution in [1.29, 1.82) is 0 Å². The molecular formula is C38H43Cl2N7O5. The Morgan fingerprint density at radius 1 is 0.981 bits per heavy atom. The van der Waals surface area contributed by atoms with E-state index in [-0.39, 0.29) is 17.9 Å². The summed E-state index contributed by atoms with van der Waals surface area (Å²) in [5, 5.41) is 22.9. The Bertz CT molecular complexity index is 1980. The van der Waals surface area contributed by atoms with Crippen molar-refractivity contribution in [2.75, 3.05) is 38.6 Å². The summed E-state index contributed by atoms with van der Waals surface area (Å²) in [4.78, 5) is 43.7. The molecule has 1 aliphatic carbocycles. The van der Waals surface area contributed by atoms with Crippen molar-refractivity contribution in [1.82, 2.24) is 29.3 Å². The van der Waals surface area contributed by atoms with Gasteiger partial charge in [-0.05, 0) is 56.2 Å². The number of nitrogens with zero attached hydrogens (tertiary/aromatic N) is 6. The number of benzene rings is 1. The zero-order valence-corrected chi connectivity index (χ0v) is 30.8. The Morgan fingerprint density at radius 3 is 2.52 bits per heavy atom. The number of carbonyl (C=O) groups excluding carboxylic acids is 1. The second-order valence-electron chi connectivity index (χ2n) is 14.1. The summed E-state index contributed by atoms with van der Waals surface area (Å²) >= 11 is 13.9. The molecule has 3 aromatic heterocycles. The van der Waals surface area contributed by atoms with Gasteiger partial charge in [0, 0.05) is 81.3 Å². The molecule has 274 valence electrons. The third kappa shape index (κ3) is 7.53. The summed E-state index contributed by atoms with van der Waals surface area (Å²) in [6, 6.07) is 11.0. The number of aliphatic hydroxyl groups excluding tert-OH is 1. The van der Waals surface area contributed by atoms with E-state index in [4.69, 9.17) is 37.9 Å². The summed E-state index contributed by atoms with van der Waals surface area (Å²) in [6.07, 6.45) is 6.18. The highest BCUT2D eigenvalue weighted by molar-refractivity contribution is 6.39. The van der Waals surface area contributed by atoms with E-state index in [9.17, 15) is 19.8 Å². The van der Waals surface area contributed by atoms with Gasteiger partial charge in [-0.3, -0.25) is 24.4 Å². The number of rotatable bonds is 10. The van der Waals surface area contributed by atoms with Crippen LogP contribution in [0.3, 0.4) is 0 Å². The molecule has 1 saturated carbocycles. The maximum atomic E-state index is 13.7. The summed E-state index contributed by atoms with van der Waals surface area (Å²) < 4.78 is 7.50. The largest absolute Gasteiger partial charge is 0.481 e. The average Bonchev–Trinajstić information content (AvgIpc) is 3.71. The Labute approximate surface area is 312 Å². The van der Waals surface area contributed by atoms with Crippen LogP contribution in [0.4, 0.5) is 5.69 Å². The second-order valence-corrected chi connectivity index (χ2v) is 14.9. The van der Waals surface area contributed by atoms with Gasteiger partial charge in [-0.1, -0.05) is 41.4 Å². The summed E-state index contributed by atoms with van der Waals surface area (Å²) in [6.45, 7) is 4.47. The van der Waals surface area contributed by atoms with Crippen molar-refractivity contribution in [2.45, 2.75) is 57.7 Å². The van der Waals surface area contributed by atoms with Gasteiger partial charge >= 0.3 is 5.97 Å². The molecule has 14 heteroatoms. The van der Waals surface area contributed by atoms with Crippen LogP contribution in [0, 0.1) is 11.8 Å². The number of anilines is 1. The Kier molecular flexibility index (Phi) is 10.8. The minimum atomic E-state index is -0.684. The predicted octanol–water partition coefficient (Wildman–Crippen LogP) is 5.93. The molecule has 1 saturated heterocycles. The molecule has 12 nitrogen and oxygen atoms in total. The van der Waals surface area contributed by atoms with Crippen LogP contribution < -0.4 is 10.1 Å². The number of methoxy groups -OCH3 is 1. The molecule has 52 heavy (non-hydrogen) atoms. The fourth-order valence-corrected chi connectivity index (χ4v) is 8.40.